The van der Waals surface area contributed by atoms with E-state index in [0.29, 0.717) is 12.0 Å². The number of halogens is 2. The third-order valence-electron chi connectivity index (χ3n) is 3.77. The molecule has 1 radical (unpaired) electrons. The molecule has 1 aliphatic rings. The Morgan fingerprint density at radius 3 is 2.62 bits per heavy atom. The predicted octanol–water partition coefficient (Wildman–Crippen LogP) is 2.56. The maximum absolute atomic E-state index is 14.4. The van der Waals surface area contributed by atoms with E-state index in [2.05, 4.69) is 6.92 Å². The Labute approximate surface area is 129 Å². The summed E-state index contributed by atoms with van der Waals surface area (Å²) < 4.78 is 39.2. The van der Waals surface area contributed by atoms with E-state index in [-0.39, 0.29) is 29.1 Å². The van der Waals surface area contributed by atoms with Crippen molar-refractivity contribution in [1.82, 2.24) is 0 Å². The Morgan fingerprint density at radius 2 is 2.19 bits per heavy atom. The Kier molecular flexibility index (Phi) is 4.52. The maximum Gasteiger partial charge on any atom is 0.232 e. The number of nitrogens with zero attached hydrogens (tertiary/aromatic N) is 1. The first-order chi connectivity index (χ1) is 9.68. The highest BCUT2D eigenvalue weighted by Crippen LogP contribution is 2.53. The van der Waals surface area contributed by atoms with Crippen LogP contribution in [0.1, 0.15) is 24.8 Å². The van der Waals surface area contributed by atoms with E-state index in [4.69, 9.17) is 11.6 Å². The van der Waals surface area contributed by atoms with Crippen molar-refractivity contribution in [1.29, 1.82) is 0 Å². The molecule has 117 valence electrons. The van der Waals surface area contributed by atoms with Gasteiger partial charge in [-0.25, -0.2) is 12.8 Å². The molecule has 1 fully saturated rings. The van der Waals surface area contributed by atoms with E-state index in [1.54, 1.807) is 13.0 Å². The summed E-state index contributed by atoms with van der Waals surface area (Å²) in [4.78, 5) is 0. The molecule has 4 nitrogen and oxygen atoms in total. The van der Waals surface area contributed by atoms with Crippen molar-refractivity contribution in [3.63, 3.8) is 0 Å². The van der Waals surface area contributed by atoms with Gasteiger partial charge in [-0.15, -0.1) is 0 Å². The van der Waals surface area contributed by atoms with Crippen LogP contribution in [-0.2, 0) is 10.0 Å². The molecule has 0 aliphatic heterocycles. The zero-order chi connectivity index (χ0) is 15.9. The summed E-state index contributed by atoms with van der Waals surface area (Å²) in [6.45, 7) is 5.30. The van der Waals surface area contributed by atoms with Crippen molar-refractivity contribution in [3.05, 3.63) is 35.5 Å². The molecule has 1 saturated carbocycles. The lowest BCUT2D eigenvalue weighted by atomic mass is 10.0. The van der Waals surface area contributed by atoms with Crippen molar-refractivity contribution >= 4 is 27.3 Å². The third-order valence-corrected chi connectivity index (χ3v) is 5.30. The molecule has 0 amide bonds. The Balaban J connectivity index is 2.55. The Bertz CT molecular complexity index is 648. The summed E-state index contributed by atoms with van der Waals surface area (Å²) in [6.07, 6.45) is 0.927. The number of hydrogen-bond acceptors (Lipinski definition) is 3. The number of hydrogen-bond donors (Lipinski definition) is 1. The van der Waals surface area contributed by atoms with E-state index in [9.17, 15) is 17.9 Å². The first-order valence-corrected chi connectivity index (χ1v) is 8.87. The molecule has 1 N–H and O–H groups in total. The number of anilines is 1. The van der Waals surface area contributed by atoms with Crippen LogP contribution in [0, 0.1) is 18.7 Å². The van der Waals surface area contributed by atoms with Gasteiger partial charge in [-0.3, -0.25) is 4.31 Å². The van der Waals surface area contributed by atoms with Gasteiger partial charge in [0.1, 0.15) is 0 Å². The zero-order valence-electron chi connectivity index (χ0n) is 11.9. The fourth-order valence-electron chi connectivity index (χ4n) is 2.66. The van der Waals surface area contributed by atoms with Gasteiger partial charge in [-0.2, -0.15) is 0 Å². The molecule has 0 bridgehead atoms. The minimum Gasteiger partial charge on any atom is -0.393 e. The molecule has 1 aliphatic carbocycles. The molecule has 1 aromatic carbocycles. The van der Waals surface area contributed by atoms with Crippen molar-refractivity contribution in [3.8, 4) is 0 Å². The third kappa shape index (κ3) is 3.17. The Morgan fingerprint density at radius 1 is 1.57 bits per heavy atom. The monoisotopic (exact) mass is 334 g/mol. The molecule has 2 rings (SSSR count). The second-order valence-electron chi connectivity index (χ2n) is 5.30. The average Bonchev–Trinajstić information content (AvgIpc) is 3.14. The van der Waals surface area contributed by atoms with E-state index in [1.165, 1.54) is 6.07 Å². The van der Waals surface area contributed by atoms with Gasteiger partial charge in [-0.05, 0) is 43.7 Å². The number of sulfonamides is 1. The lowest BCUT2D eigenvalue weighted by Crippen LogP contribution is -2.31. The second kappa shape index (κ2) is 5.74. The maximum atomic E-state index is 14.4. The van der Waals surface area contributed by atoms with Gasteiger partial charge in [0.15, 0.2) is 5.82 Å². The number of aliphatic hydroxyl groups is 1. The van der Waals surface area contributed by atoms with Crippen LogP contribution in [0.2, 0.25) is 5.02 Å². The Hall–Kier alpha value is -0.850. The van der Waals surface area contributed by atoms with Crippen molar-refractivity contribution in [2.24, 2.45) is 5.92 Å². The topological polar surface area (TPSA) is 57.6 Å². The largest absolute Gasteiger partial charge is 0.393 e. The molecule has 21 heavy (non-hydrogen) atoms. The van der Waals surface area contributed by atoms with Crippen LogP contribution in [0.25, 0.3) is 0 Å². The van der Waals surface area contributed by atoms with E-state index in [1.807, 2.05) is 0 Å². The van der Waals surface area contributed by atoms with Crippen molar-refractivity contribution in [2.75, 3.05) is 17.1 Å². The average molecular weight is 335 g/mol. The van der Waals surface area contributed by atoms with Crippen LogP contribution < -0.4 is 4.31 Å². The van der Waals surface area contributed by atoms with E-state index in [0.717, 1.165) is 10.6 Å². The van der Waals surface area contributed by atoms with Crippen LogP contribution in [0.4, 0.5) is 10.1 Å². The summed E-state index contributed by atoms with van der Waals surface area (Å²) >= 11 is 5.80. The molecule has 3 unspecified atom stereocenters. The first kappa shape index (κ1) is 16.5. The summed E-state index contributed by atoms with van der Waals surface area (Å²) in [5.41, 5.74) is 0.539. The van der Waals surface area contributed by atoms with Crippen LogP contribution in [0.15, 0.2) is 12.1 Å². The summed E-state index contributed by atoms with van der Waals surface area (Å²) in [5, 5.41) is 9.41. The van der Waals surface area contributed by atoms with Gasteiger partial charge in [-0.1, -0.05) is 17.7 Å². The normalized spacial score (nSPS) is 23.0. The molecule has 1 aromatic rings. The number of rotatable bonds is 5. The molecule has 0 heterocycles. The highest BCUT2D eigenvalue weighted by atomic mass is 35.5. The van der Waals surface area contributed by atoms with Gasteiger partial charge >= 0.3 is 0 Å². The lowest BCUT2D eigenvalue weighted by molar-refractivity contribution is 0.194. The minimum absolute atomic E-state index is 0.0133. The van der Waals surface area contributed by atoms with Gasteiger partial charge in [0, 0.05) is 6.54 Å². The van der Waals surface area contributed by atoms with Crippen LogP contribution in [0.3, 0.4) is 0 Å². The van der Waals surface area contributed by atoms with Gasteiger partial charge in [0.2, 0.25) is 10.0 Å². The van der Waals surface area contributed by atoms with E-state index < -0.39 is 21.9 Å². The fraction of sp³-hybridized carbons (Fsp3) is 0.500. The number of benzene rings is 1. The van der Waals surface area contributed by atoms with Crippen LogP contribution in [-0.4, -0.2) is 32.4 Å². The fourth-order valence-corrected chi connectivity index (χ4v) is 3.80. The smallest absolute Gasteiger partial charge is 0.232 e. The van der Waals surface area contributed by atoms with Crippen molar-refractivity contribution in [2.45, 2.75) is 25.4 Å². The van der Waals surface area contributed by atoms with E-state index >= 15 is 0 Å². The second-order valence-corrected chi connectivity index (χ2v) is 7.61. The SMILES string of the molecule is [CH2]C(O)C1CC1c1ccc(Cl)c(F)c1N(CC)S(C)(=O)=O. The first-order valence-electron chi connectivity index (χ1n) is 6.65. The molecular weight excluding hydrogens is 317 g/mol. The zero-order valence-corrected chi connectivity index (χ0v) is 13.5. The molecular formula is C14H18ClFNO3S. The summed E-state index contributed by atoms with van der Waals surface area (Å²) in [7, 11) is -3.62. The predicted molar refractivity (Wildman–Crippen MR) is 81.5 cm³/mol. The van der Waals surface area contributed by atoms with Crippen molar-refractivity contribution < 1.29 is 17.9 Å². The summed E-state index contributed by atoms with van der Waals surface area (Å²) in [5.74, 6) is -0.927. The highest BCUT2D eigenvalue weighted by Gasteiger charge is 2.44. The van der Waals surface area contributed by atoms with Crippen LogP contribution in [0.5, 0.6) is 0 Å². The lowest BCUT2D eigenvalue weighted by Gasteiger charge is -2.24. The quantitative estimate of drug-likeness (QED) is 0.900. The van der Waals surface area contributed by atoms with Crippen LogP contribution >= 0.6 is 11.6 Å². The molecule has 0 spiro atoms. The molecule has 0 aromatic heterocycles. The van der Waals surface area contributed by atoms with Gasteiger partial charge in [0.05, 0.1) is 23.1 Å². The molecule has 3 atom stereocenters. The van der Waals surface area contributed by atoms with Gasteiger partial charge < -0.3 is 5.11 Å². The highest BCUT2D eigenvalue weighted by molar-refractivity contribution is 7.92. The molecule has 7 heteroatoms. The van der Waals surface area contributed by atoms with Gasteiger partial charge in [0.25, 0.3) is 0 Å². The summed E-state index contributed by atoms with van der Waals surface area (Å²) in [6, 6.07) is 3.04. The minimum atomic E-state index is -3.62. The standard InChI is InChI=1S/C14H18ClFNO3S/c1-4-17(21(3,19)20)14-9(5-6-12(15)13(14)16)11-7-10(11)8(2)18/h5-6,8,10-11,18H,2,4,7H2,1,3H3. The number of aliphatic hydroxyl groups excluding tert-OH is 1. The molecule has 0 saturated heterocycles.